The van der Waals surface area contributed by atoms with Crippen LogP contribution in [0.5, 0.6) is 0 Å². The fourth-order valence-electron chi connectivity index (χ4n) is 2.94. The van der Waals surface area contributed by atoms with Gasteiger partial charge in [0.25, 0.3) is 0 Å². The molecule has 1 aromatic carbocycles. The zero-order valence-electron chi connectivity index (χ0n) is 13.6. The molecule has 0 spiro atoms. The Balaban J connectivity index is 1.86. The number of hydrogen-bond donors (Lipinski definition) is 1. The number of benzene rings is 1. The van der Waals surface area contributed by atoms with Crippen LogP contribution >= 0.6 is 0 Å². The van der Waals surface area contributed by atoms with Gasteiger partial charge in [-0.25, -0.2) is 0 Å². The first-order chi connectivity index (χ1) is 9.92. The van der Waals surface area contributed by atoms with Gasteiger partial charge in [-0.1, -0.05) is 45.0 Å². The van der Waals surface area contributed by atoms with Crippen molar-refractivity contribution in [3.05, 3.63) is 35.4 Å². The first-order valence-corrected chi connectivity index (χ1v) is 8.03. The second-order valence-corrected chi connectivity index (χ2v) is 6.87. The molecule has 0 saturated carbocycles. The van der Waals surface area contributed by atoms with Crippen LogP contribution < -0.4 is 5.73 Å². The Hall–Kier alpha value is -1.35. The summed E-state index contributed by atoms with van der Waals surface area (Å²) in [7, 11) is 0. The van der Waals surface area contributed by atoms with Gasteiger partial charge in [-0.15, -0.1) is 0 Å². The summed E-state index contributed by atoms with van der Waals surface area (Å²) in [6.07, 6.45) is 3.38. The standard InChI is InChI=1S/C18H28N2O/c1-4-14-5-7-15(8-6-14)9-10-17(21)20-12-11-16(19)18(2,3)13-20/h5-8,16H,4,9-13,19H2,1-3H3. The molecule has 0 aliphatic carbocycles. The highest BCUT2D eigenvalue weighted by Gasteiger charge is 2.34. The lowest BCUT2D eigenvalue weighted by molar-refractivity contribution is -0.134. The molecule has 2 N–H and O–H groups in total. The average molecular weight is 288 g/mol. The van der Waals surface area contributed by atoms with Crippen molar-refractivity contribution in [2.75, 3.05) is 13.1 Å². The molecule has 3 nitrogen and oxygen atoms in total. The number of aryl methyl sites for hydroxylation is 2. The molecule has 1 atom stereocenters. The van der Waals surface area contributed by atoms with Crippen molar-refractivity contribution in [2.45, 2.75) is 52.5 Å². The summed E-state index contributed by atoms with van der Waals surface area (Å²) in [5.41, 5.74) is 8.74. The highest BCUT2D eigenvalue weighted by atomic mass is 16.2. The second kappa shape index (κ2) is 6.61. The van der Waals surface area contributed by atoms with E-state index >= 15 is 0 Å². The molecule has 1 aliphatic heterocycles. The zero-order valence-corrected chi connectivity index (χ0v) is 13.6. The molecule has 1 aliphatic rings. The van der Waals surface area contributed by atoms with E-state index in [4.69, 9.17) is 5.73 Å². The highest BCUT2D eigenvalue weighted by molar-refractivity contribution is 5.76. The van der Waals surface area contributed by atoms with Crippen molar-refractivity contribution in [3.8, 4) is 0 Å². The summed E-state index contributed by atoms with van der Waals surface area (Å²) in [6, 6.07) is 8.79. The van der Waals surface area contributed by atoms with Gasteiger partial charge in [-0.2, -0.15) is 0 Å². The van der Waals surface area contributed by atoms with E-state index in [-0.39, 0.29) is 17.4 Å². The average Bonchev–Trinajstić information content (AvgIpc) is 2.48. The predicted molar refractivity (Wildman–Crippen MR) is 87.1 cm³/mol. The molecule has 1 amide bonds. The van der Waals surface area contributed by atoms with E-state index in [1.165, 1.54) is 11.1 Å². The van der Waals surface area contributed by atoms with Crippen molar-refractivity contribution < 1.29 is 4.79 Å². The number of hydrogen-bond acceptors (Lipinski definition) is 2. The molecular weight excluding hydrogens is 260 g/mol. The third-order valence-corrected chi connectivity index (χ3v) is 4.72. The molecule has 2 rings (SSSR count). The number of likely N-dealkylation sites (tertiary alicyclic amines) is 1. The molecule has 1 unspecified atom stereocenters. The van der Waals surface area contributed by atoms with Gasteiger partial charge in [0.1, 0.15) is 0 Å². The van der Waals surface area contributed by atoms with Crippen molar-refractivity contribution in [3.63, 3.8) is 0 Å². The summed E-state index contributed by atoms with van der Waals surface area (Å²) < 4.78 is 0. The van der Waals surface area contributed by atoms with E-state index in [2.05, 4.69) is 45.0 Å². The van der Waals surface area contributed by atoms with Gasteiger partial charge >= 0.3 is 0 Å². The number of rotatable bonds is 4. The van der Waals surface area contributed by atoms with Gasteiger partial charge in [-0.3, -0.25) is 4.79 Å². The Kier molecular flexibility index (Phi) is 5.04. The van der Waals surface area contributed by atoms with Gasteiger partial charge in [0, 0.05) is 25.6 Å². The van der Waals surface area contributed by atoms with Crippen LogP contribution in [0.4, 0.5) is 0 Å². The molecule has 3 heteroatoms. The summed E-state index contributed by atoms with van der Waals surface area (Å²) in [5.74, 6) is 0.259. The monoisotopic (exact) mass is 288 g/mol. The molecule has 1 fully saturated rings. The first-order valence-electron chi connectivity index (χ1n) is 8.03. The lowest BCUT2D eigenvalue weighted by Gasteiger charge is -2.42. The SMILES string of the molecule is CCc1ccc(CCC(=O)N2CCC(N)C(C)(C)C2)cc1. The summed E-state index contributed by atoms with van der Waals surface area (Å²) in [5, 5.41) is 0. The lowest BCUT2D eigenvalue weighted by atomic mass is 9.79. The Morgan fingerprint density at radius 1 is 1.29 bits per heavy atom. The topological polar surface area (TPSA) is 46.3 Å². The summed E-state index contributed by atoms with van der Waals surface area (Å²) in [4.78, 5) is 14.4. The van der Waals surface area contributed by atoms with Crippen LogP contribution in [0.25, 0.3) is 0 Å². The van der Waals surface area contributed by atoms with E-state index in [9.17, 15) is 4.79 Å². The molecule has 1 saturated heterocycles. The van der Waals surface area contributed by atoms with Gasteiger partial charge in [0.05, 0.1) is 0 Å². The number of piperidine rings is 1. The molecule has 0 aromatic heterocycles. The third kappa shape index (κ3) is 4.07. The normalized spacial score (nSPS) is 21.3. The Labute approximate surface area is 128 Å². The molecule has 116 valence electrons. The Bertz CT molecular complexity index is 478. The van der Waals surface area contributed by atoms with Crippen LogP contribution in [-0.2, 0) is 17.6 Å². The first kappa shape index (κ1) is 16.0. The predicted octanol–water partition coefficient (Wildman–Crippen LogP) is 2.77. The van der Waals surface area contributed by atoms with Crippen LogP contribution in [0.3, 0.4) is 0 Å². The van der Waals surface area contributed by atoms with Crippen molar-refractivity contribution in [1.29, 1.82) is 0 Å². The van der Waals surface area contributed by atoms with Crippen LogP contribution in [-0.4, -0.2) is 29.9 Å². The number of amides is 1. The maximum Gasteiger partial charge on any atom is 0.222 e. The lowest BCUT2D eigenvalue weighted by Crippen LogP contribution is -2.54. The van der Waals surface area contributed by atoms with Crippen LogP contribution in [0, 0.1) is 5.41 Å². The fraction of sp³-hybridized carbons (Fsp3) is 0.611. The molecule has 21 heavy (non-hydrogen) atoms. The molecular formula is C18H28N2O. The van der Waals surface area contributed by atoms with Gasteiger partial charge in [-0.05, 0) is 35.8 Å². The summed E-state index contributed by atoms with van der Waals surface area (Å²) >= 11 is 0. The minimum Gasteiger partial charge on any atom is -0.342 e. The third-order valence-electron chi connectivity index (χ3n) is 4.72. The molecule has 0 radical (unpaired) electrons. The number of carbonyl (C=O) groups excluding carboxylic acids is 1. The summed E-state index contributed by atoms with van der Waals surface area (Å²) in [6.45, 7) is 8.04. The van der Waals surface area contributed by atoms with Gasteiger partial charge in [0.15, 0.2) is 0 Å². The van der Waals surface area contributed by atoms with Crippen molar-refractivity contribution in [2.24, 2.45) is 11.1 Å². The zero-order chi connectivity index (χ0) is 15.5. The van der Waals surface area contributed by atoms with E-state index in [0.29, 0.717) is 6.42 Å². The van der Waals surface area contributed by atoms with E-state index < -0.39 is 0 Å². The maximum atomic E-state index is 12.4. The number of carbonyl (C=O) groups is 1. The number of nitrogens with two attached hydrogens (primary N) is 1. The van der Waals surface area contributed by atoms with Crippen molar-refractivity contribution in [1.82, 2.24) is 4.90 Å². The number of nitrogens with zero attached hydrogens (tertiary/aromatic N) is 1. The quantitative estimate of drug-likeness (QED) is 0.926. The minimum atomic E-state index is 0.0245. The van der Waals surface area contributed by atoms with E-state index in [1.807, 2.05) is 4.90 Å². The van der Waals surface area contributed by atoms with Gasteiger partial charge < -0.3 is 10.6 Å². The molecule has 1 heterocycles. The maximum absolute atomic E-state index is 12.4. The largest absolute Gasteiger partial charge is 0.342 e. The Morgan fingerprint density at radius 2 is 1.90 bits per heavy atom. The van der Waals surface area contributed by atoms with Gasteiger partial charge in [0.2, 0.25) is 5.91 Å². The minimum absolute atomic E-state index is 0.0245. The van der Waals surface area contributed by atoms with Crippen molar-refractivity contribution >= 4 is 5.91 Å². The second-order valence-electron chi connectivity index (χ2n) is 6.87. The smallest absolute Gasteiger partial charge is 0.222 e. The fourth-order valence-corrected chi connectivity index (χ4v) is 2.94. The van der Waals surface area contributed by atoms with E-state index in [1.54, 1.807) is 0 Å². The molecule has 1 aromatic rings. The van der Waals surface area contributed by atoms with Crippen LogP contribution in [0.15, 0.2) is 24.3 Å². The Morgan fingerprint density at radius 3 is 2.48 bits per heavy atom. The van der Waals surface area contributed by atoms with Crippen LogP contribution in [0.1, 0.15) is 44.7 Å². The van der Waals surface area contributed by atoms with Crippen LogP contribution in [0.2, 0.25) is 0 Å². The van der Waals surface area contributed by atoms with E-state index in [0.717, 1.165) is 32.4 Å². The molecule has 0 bridgehead atoms. The highest BCUT2D eigenvalue weighted by Crippen LogP contribution is 2.28.